The van der Waals surface area contributed by atoms with Crippen molar-refractivity contribution in [2.45, 2.75) is 13.5 Å². The van der Waals surface area contributed by atoms with E-state index < -0.39 is 11.5 Å². The molecule has 152 valence electrons. The average Bonchev–Trinajstić information content (AvgIpc) is 3.14. The second-order valence-electron chi connectivity index (χ2n) is 6.58. The van der Waals surface area contributed by atoms with Gasteiger partial charge in [-0.1, -0.05) is 12.1 Å². The molecule has 0 bridgehead atoms. The summed E-state index contributed by atoms with van der Waals surface area (Å²) in [4.78, 5) is 24.7. The first-order valence-electron chi connectivity index (χ1n) is 9.31. The number of halogens is 1. The lowest BCUT2D eigenvalue weighted by atomic mass is 10.1. The summed E-state index contributed by atoms with van der Waals surface area (Å²) in [6, 6.07) is 12.3. The quantitative estimate of drug-likeness (QED) is 0.491. The fraction of sp³-hybridized carbons (Fsp3) is 0.136. The molecule has 1 amide bonds. The van der Waals surface area contributed by atoms with E-state index >= 15 is 0 Å². The van der Waals surface area contributed by atoms with Gasteiger partial charge in [-0.2, -0.15) is 5.10 Å². The van der Waals surface area contributed by atoms with E-state index in [1.807, 2.05) is 6.92 Å². The summed E-state index contributed by atoms with van der Waals surface area (Å²) < 4.78 is 25.5. The van der Waals surface area contributed by atoms with Crippen LogP contribution in [0.3, 0.4) is 0 Å². The van der Waals surface area contributed by atoms with Crippen molar-refractivity contribution in [3.05, 3.63) is 88.3 Å². The Kier molecular flexibility index (Phi) is 5.30. The second-order valence-corrected chi connectivity index (χ2v) is 6.58. The van der Waals surface area contributed by atoms with E-state index in [-0.39, 0.29) is 17.0 Å². The van der Waals surface area contributed by atoms with Crippen LogP contribution in [-0.2, 0) is 6.54 Å². The van der Waals surface area contributed by atoms with Crippen LogP contribution in [0.15, 0.2) is 70.1 Å². The van der Waals surface area contributed by atoms with Crippen molar-refractivity contribution in [2.24, 2.45) is 0 Å². The lowest BCUT2D eigenvalue weighted by Gasteiger charge is -2.08. The summed E-state index contributed by atoms with van der Waals surface area (Å²) >= 11 is 0. The molecule has 0 aliphatic heterocycles. The highest BCUT2D eigenvalue weighted by atomic mass is 19.1. The van der Waals surface area contributed by atoms with E-state index in [1.165, 1.54) is 18.3 Å². The molecular formula is C22H18FN3O4. The number of carbonyl (C=O) groups is 1. The second kappa shape index (κ2) is 8.20. The van der Waals surface area contributed by atoms with E-state index in [4.69, 9.17) is 9.15 Å². The number of anilines is 1. The first-order chi connectivity index (χ1) is 14.5. The van der Waals surface area contributed by atoms with Crippen LogP contribution in [0.4, 0.5) is 10.1 Å². The molecule has 0 radical (unpaired) electrons. The van der Waals surface area contributed by atoms with Gasteiger partial charge in [-0.3, -0.25) is 9.48 Å². The molecule has 1 N–H and O–H groups in total. The molecule has 2 aromatic heterocycles. The summed E-state index contributed by atoms with van der Waals surface area (Å²) in [7, 11) is 0. The highest BCUT2D eigenvalue weighted by Gasteiger charge is 2.15. The molecule has 2 aromatic carbocycles. The van der Waals surface area contributed by atoms with Crippen molar-refractivity contribution >= 4 is 22.6 Å². The summed E-state index contributed by atoms with van der Waals surface area (Å²) in [6.07, 6.45) is 3.11. The number of rotatable bonds is 6. The number of aromatic nitrogens is 2. The first-order valence-corrected chi connectivity index (χ1v) is 9.31. The molecule has 30 heavy (non-hydrogen) atoms. The van der Waals surface area contributed by atoms with Crippen LogP contribution < -0.4 is 15.7 Å². The molecule has 7 nitrogen and oxygen atoms in total. The van der Waals surface area contributed by atoms with Gasteiger partial charge in [0.1, 0.15) is 17.1 Å². The van der Waals surface area contributed by atoms with Gasteiger partial charge in [0.05, 0.1) is 30.6 Å². The van der Waals surface area contributed by atoms with Crippen LogP contribution >= 0.6 is 0 Å². The minimum Gasteiger partial charge on any atom is -0.494 e. The number of hydrogen-bond acceptors (Lipinski definition) is 5. The highest BCUT2D eigenvalue weighted by molar-refractivity contribution is 6.12. The van der Waals surface area contributed by atoms with Gasteiger partial charge in [0.2, 0.25) is 0 Å². The number of hydrogen-bond donors (Lipinski definition) is 1. The molecule has 0 spiro atoms. The summed E-state index contributed by atoms with van der Waals surface area (Å²) in [6.45, 7) is 2.67. The van der Waals surface area contributed by atoms with E-state index in [0.717, 1.165) is 11.6 Å². The normalized spacial score (nSPS) is 10.9. The Hall–Kier alpha value is -3.94. The van der Waals surface area contributed by atoms with Crippen LogP contribution in [0.5, 0.6) is 5.75 Å². The van der Waals surface area contributed by atoms with Gasteiger partial charge < -0.3 is 14.5 Å². The van der Waals surface area contributed by atoms with E-state index in [2.05, 4.69) is 10.4 Å². The molecule has 4 rings (SSSR count). The minimum absolute atomic E-state index is 0.183. The van der Waals surface area contributed by atoms with E-state index in [1.54, 1.807) is 41.2 Å². The van der Waals surface area contributed by atoms with Crippen molar-refractivity contribution in [3.8, 4) is 5.75 Å². The number of nitrogens with zero attached hydrogens (tertiary/aromatic N) is 2. The maximum atomic E-state index is 13.3. The van der Waals surface area contributed by atoms with Crippen LogP contribution in [-0.4, -0.2) is 22.3 Å². The molecule has 0 fully saturated rings. The molecule has 0 saturated heterocycles. The van der Waals surface area contributed by atoms with Gasteiger partial charge in [0, 0.05) is 23.7 Å². The third-order valence-electron chi connectivity index (χ3n) is 4.40. The molecule has 2 heterocycles. The smallest absolute Gasteiger partial charge is 0.337 e. The summed E-state index contributed by atoms with van der Waals surface area (Å²) in [5, 5.41) is 7.40. The summed E-state index contributed by atoms with van der Waals surface area (Å²) in [5.41, 5.74) is 1.00. The number of amides is 1. The van der Waals surface area contributed by atoms with Gasteiger partial charge in [-0.25, -0.2) is 9.18 Å². The molecule has 0 aliphatic rings. The molecule has 0 saturated carbocycles. The van der Waals surface area contributed by atoms with Gasteiger partial charge in [-0.05, 0) is 36.8 Å². The molecule has 4 aromatic rings. The molecule has 0 aliphatic carbocycles. The topological polar surface area (TPSA) is 86.4 Å². The molecular weight excluding hydrogens is 389 g/mol. The Bertz CT molecular complexity index is 1280. The van der Waals surface area contributed by atoms with Crippen molar-refractivity contribution in [3.63, 3.8) is 0 Å². The fourth-order valence-electron chi connectivity index (χ4n) is 3.12. The number of ether oxygens (including phenoxy) is 1. The zero-order chi connectivity index (χ0) is 21.1. The van der Waals surface area contributed by atoms with Crippen molar-refractivity contribution < 1.29 is 18.3 Å². The zero-order valence-corrected chi connectivity index (χ0v) is 16.1. The van der Waals surface area contributed by atoms with Crippen LogP contribution in [0.1, 0.15) is 22.8 Å². The maximum Gasteiger partial charge on any atom is 0.337 e. The molecule has 8 heteroatoms. The van der Waals surface area contributed by atoms with Crippen molar-refractivity contribution in [1.82, 2.24) is 9.78 Å². The molecule has 0 atom stereocenters. The Morgan fingerprint density at radius 3 is 2.90 bits per heavy atom. The van der Waals surface area contributed by atoms with Gasteiger partial charge in [0.15, 0.2) is 0 Å². The Morgan fingerprint density at radius 1 is 1.23 bits per heavy atom. The van der Waals surface area contributed by atoms with Crippen molar-refractivity contribution in [1.29, 1.82) is 0 Å². The largest absolute Gasteiger partial charge is 0.494 e. The highest BCUT2D eigenvalue weighted by Crippen LogP contribution is 2.23. The predicted octanol–water partition coefficient (Wildman–Crippen LogP) is 3.83. The first kappa shape index (κ1) is 19.4. The van der Waals surface area contributed by atoms with Crippen LogP contribution in [0.25, 0.3) is 11.0 Å². The van der Waals surface area contributed by atoms with E-state index in [9.17, 15) is 14.0 Å². The van der Waals surface area contributed by atoms with Gasteiger partial charge in [0.25, 0.3) is 5.91 Å². The number of benzene rings is 2. The zero-order valence-electron chi connectivity index (χ0n) is 16.1. The molecule has 0 unspecified atom stereocenters. The summed E-state index contributed by atoms with van der Waals surface area (Å²) in [5.74, 6) is -0.248. The van der Waals surface area contributed by atoms with Gasteiger partial charge >= 0.3 is 5.63 Å². The maximum absolute atomic E-state index is 13.3. The third-order valence-corrected chi connectivity index (χ3v) is 4.40. The standard InChI is InChI=1S/C22H18FN3O4/c1-2-29-17-6-7-18-19(10-21(27)30-20(18)9-17)22(28)25-16-11-24-26(13-16)12-14-4-3-5-15(23)8-14/h3-11,13H,2,12H2,1H3,(H,25,28). The Morgan fingerprint density at radius 2 is 2.10 bits per heavy atom. The van der Waals surface area contributed by atoms with Crippen LogP contribution in [0, 0.1) is 5.82 Å². The van der Waals surface area contributed by atoms with Gasteiger partial charge in [-0.15, -0.1) is 0 Å². The number of fused-ring (bicyclic) bond motifs is 1. The monoisotopic (exact) mass is 407 g/mol. The third kappa shape index (κ3) is 4.22. The lowest BCUT2D eigenvalue weighted by Crippen LogP contribution is -2.15. The lowest BCUT2D eigenvalue weighted by molar-refractivity contribution is 0.102. The average molecular weight is 407 g/mol. The minimum atomic E-state index is -0.636. The number of carbonyl (C=O) groups excluding carboxylic acids is 1. The predicted molar refractivity (Wildman–Crippen MR) is 109 cm³/mol. The SMILES string of the molecule is CCOc1ccc2c(C(=O)Nc3cnn(Cc4cccc(F)c4)c3)cc(=O)oc2c1. The van der Waals surface area contributed by atoms with E-state index in [0.29, 0.717) is 30.0 Å². The van der Waals surface area contributed by atoms with Crippen LogP contribution in [0.2, 0.25) is 0 Å². The Labute approximate surface area is 170 Å². The number of nitrogens with one attached hydrogen (secondary N) is 1. The Balaban J connectivity index is 1.56. The fourth-order valence-corrected chi connectivity index (χ4v) is 3.12. The van der Waals surface area contributed by atoms with Crippen molar-refractivity contribution in [2.75, 3.05) is 11.9 Å².